The van der Waals surface area contributed by atoms with Gasteiger partial charge in [0.05, 0.1) is 7.11 Å². The lowest BCUT2D eigenvalue weighted by Crippen LogP contribution is -2.41. The molecule has 0 spiro atoms. The number of aromatic nitrogens is 3. The summed E-state index contributed by atoms with van der Waals surface area (Å²) in [4.78, 5) is 18.2. The second-order valence-electron chi connectivity index (χ2n) is 6.01. The van der Waals surface area contributed by atoms with Crippen molar-refractivity contribution in [3.63, 3.8) is 0 Å². The number of hydrogen-bond donors (Lipinski definition) is 0. The summed E-state index contributed by atoms with van der Waals surface area (Å²) >= 11 is 0. The molecule has 7 heteroatoms. The van der Waals surface area contributed by atoms with E-state index in [4.69, 9.17) is 4.74 Å². The van der Waals surface area contributed by atoms with Gasteiger partial charge in [-0.3, -0.25) is 4.79 Å². The second kappa shape index (κ2) is 6.98. The predicted octanol–water partition coefficient (Wildman–Crippen LogP) is 2.39. The number of rotatable bonds is 4. The average molecular weight is 332 g/mol. The van der Waals surface area contributed by atoms with Crippen LogP contribution in [0.2, 0.25) is 0 Å². The van der Waals surface area contributed by atoms with Crippen molar-refractivity contribution in [3.8, 4) is 5.75 Å². The van der Waals surface area contributed by atoms with Crippen LogP contribution < -0.4 is 4.74 Å². The zero-order valence-corrected chi connectivity index (χ0v) is 13.9. The molecule has 1 amide bonds. The molecule has 1 aromatic carbocycles. The highest BCUT2D eigenvalue weighted by atomic mass is 19.1. The minimum Gasteiger partial charge on any atom is -0.494 e. The minimum absolute atomic E-state index is 0.0186. The number of carbonyl (C=O) groups excluding carboxylic acids is 1. The van der Waals surface area contributed by atoms with Crippen molar-refractivity contribution in [3.05, 3.63) is 42.2 Å². The van der Waals surface area contributed by atoms with E-state index in [1.54, 1.807) is 23.1 Å². The van der Waals surface area contributed by atoms with E-state index in [2.05, 4.69) is 10.1 Å². The van der Waals surface area contributed by atoms with Crippen molar-refractivity contribution in [1.82, 2.24) is 19.7 Å². The van der Waals surface area contributed by atoms with Gasteiger partial charge in [-0.15, -0.1) is 0 Å². The molecule has 0 bridgehead atoms. The van der Waals surface area contributed by atoms with E-state index in [0.717, 1.165) is 12.8 Å². The van der Waals surface area contributed by atoms with Crippen LogP contribution >= 0.6 is 0 Å². The summed E-state index contributed by atoms with van der Waals surface area (Å²) < 4.78 is 21.0. The van der Waals surface area contributed by atoms with Gasteiger partial charge in [0.15, 0.2) is 11.6 Å². The second-order valence-corrected chi connectivity index (χ2v) is 6.01. The summed E-state index contributed by atoms with van der Waals surface area (Å²) in [7, 11) is 1.47. The van der Waals surface area contributed by atoms with Crippen LogP contribution in [-0.4, -0.2) is 45.8 Å². The highest BCUT2D eigenvalue weighted by molar-refractivity contribution is 5.80. The summed E-state index contributed by atoms with van der Waals surface area (Å²) in [6.07, 6.45) is 4.43. The molecule has 1 unspecified atom stereocenters. The molecule has 0 radical (unpaired) electrons. The molecule has 1 aromatic heterocycles. The van der Waals surface area contributed by atoms with Crippen LogP contribution in [-0.2, 0) is 4.79 Å². The van der Waals surface area contributed by atoms with E-state index in [9.17, 15) is 9.18 Å². The third-order valence-electron chi connectivity index (χ3n) is 4.65. The van der Waals surface area contributed by atoms with Crippen LogP contribution in [0.3, 0.4) is 0 Å². The molecule has 1 aliphatic heterocycles. The lowest BCUT2D eigenvalue weighted by Gasteiger charge is -2.34. The topological polar surface area (TPSA) is 60.2 Å². The van der Waals surface area contributed by atoms with Gasteiger partial charge >= 0.3 is 0 Å². The number of halogens is 1. The molecule has 2 heterocycles. The normalized spacial score (nSPS) is 16.9. The Kier molecular flexibility index (Phi) is 4.78. The Labute approximate surface area is 140 Å². The third kappa shape index (κ3) is 3.11. The fourth-order valence-electron chi connectivity index (χ4n) is 3.21. The number of benzene rings is 1. The summed E-state index contributed by atoms with van der Waals surface area (Å²) in [5.41, 5.74) is 0.672. The van der Waals surface area contributed by atoms with Gasteiger partial charge in [-0.25, -0.2) is 14.1 Å². The Bertz CT molecular complexity index is 697. The number of ether oxygens (including phenoxy) is 1. The molecule has 6 nitrogen and oxygen atoms in total. The zero-order valence-electron chi connectivity index (χ0n) is 13.9. The smallest absolute Gasteiger partial charge is 0.247 e. The first-order chi connectivity index (χ1) is 11.6. The van der Waals surface area contributed by atoms with Crippen LogP contribution in [0, 0.1) is 5.82 Å². The molecule has 0 aliphatic carbocycles. The Morgan fingerprint density at radius 1 is 1.38 bits per heavy atom. The van der Waals surface area contributed by atoms with E-state index in [-0.39, 0.29) is 29.4 Å². The monoisotopic (exact) mass is 332 g/mol. The van der Waals surface area contributed by atoms with Crippen LogP contribution in [0.1, 0.15) is 37.3 Å². The largest absolute Gasteiger partial charge is 0.494 e. The fraction of sp³-hybridized carbons (Fsp3) is 0.471. The lowest BCUT2D eigenvalue weighted by molar-refractivity contribution is -0.135. The first-order valence-corrected chi connectivity index (χ1v) is 8.07. The number of amides is 1. The molecule has 2 aromatic rings. The number of nitrogens with zero attached hydrogens (tertiary/aromatic N) is 4. The Morgan fingerprint density at radius 2 is 2.12 bits per heavy atom. The van der Waals surface area contributed by atoms with Crippen molar-refractivity contribution < 1.29 is 13.9 Å². The van der Waals surface area contributed by atoms with Gasteiger partial charge in [0.1, 0.15) is 18.7 Å². The lowest BCUT2D eigenvalue weighted by atomic mass is 9.88. The van der Waals surface area contributed by atoms with Crippen molar-refractivity contribution in [1.29, 1.82) is 0 Å². The Balaban J connectivity index is 1.65. The van der Waals surface area contributed by atoms with Gasteiger partial charge in [-0.2, -0.15) is 5.10 Å². The molecular formula is C17H21FN4O2. The van der Waals surface area contributed by atoms with E-state index in [1.807, 2.05) is 17.9 Å². The van der Waals surface area contributed by atoms with Crippen molar-refractivity contribution in [2.45, 2.75) is 31.7 Å². The van der Waals surface area contributed by atoms with Crippen LogP contribution in [0.25, 0.3) is 0 Å². The molecule has 24 heavy (non-hydrogen) atoms. The van der Waals surface area contributed by atoms with Crippen molar-refractivity contribution in [2.24, 2.45) is 0 Å². The van der Waals surface area contributed by atoms with Crippen LogP contribution in [0.4, 0.5) is 4.39 Å². The number of piperidine rings is 1. The highest BCUT2D eigenvalue weighted by Crippen LogP contribution is 2.33. The van der Waals surface area contributed by atoms with Crippen molar-refractivity contribution >= 4 is 5.91 Å². The molecule has 1 aliphatic rings. The third-order valence-corrected chi connectivity index (χ3v) is 4.65. The number of carbonyl (C=O) groups is 1. The number of likely N-dealkylation sites (tertiary alicyclic amines) is 1. The van der Waals surface area contributed by atoms with Gasteiger partial charge in [0.2, 0.25) is 5.91 Å². The summed E-state index contributed by atoms with van der Waals surface area (Å²) in [5, 5.41) is 4.02. The summed E-state index contributed by atoms with van der Waals surface area (Å²) in [6.45, 7) is 3.03. The van der Waals surface area contributed by atoms with Gasteiger partial charge in [-0.05, 0) is 37.3 Å². The molecule has 128 valence electrons. The minimum atomic E-state index is -0.377. The molecule has 1 fully saturated rings. The van der Waals surface area contributed by atoms with E-state index in [1.165, 1.54) is 13.4 Å². The van der Waals surface area contributed by atoms with Gasteiger partial charge in [-0.1, -0.05) is 12.1 Å². The highest BCUT2D eigenvalue weighted by Gasteiger charge is 2.29. The number of methoxy groups -OCH3 is 1. The van der Waals surface area contributed by atoms with Crippen molar-refractivity contribution in [2.75, 3.05) is 20.2 Å². The maximum absolute atomic E-state index is 14.4. The van der Waals surface area contributed by atoms with Gasteiger partial charge in [0, 0.05) is 13.1 Å². The fourth-order valence-corrected chi connectivity index (χ4v) is 3.21. The maximum atomic E-state index is 14.4. The Hall–Kier alpha value is -2.44. The quantitative estimate of drug-likeness (QED) is 0.862. The van der Waals surface area contributed by atoms with Gasteiger partial charge in [0.25, 0.3) is 0 Å². The van der Waals surface area contributed by atoms with Gasteiger partial charge < -0.3 is 9.64 Å². The zero-order chi connectivity index (χ0) is 17.1. The van der Waals surface area contributed by atoms with Crippen LogP contribution in [0.5, 0.6) is 5.75 Å². The Morgan fingerprint density at radius 3 is 2.75 bits per heavy atom. The number of hydrogen-bond acceptors (Lipinski definition) is 4. The van der Waals surface area contributed by atoms with E-state index in [0.29, 0.717) is 18.7 Å². The maximum Gasteiger partial charge on any atom is 0.247 e. The first-order valence-electron chi connectivity index (χ1n) is 8.07. The SMILES string of the molecule is COc1cccc(C2CCN(C(=O)C(C)n3cncn3)CC2)c1F. The molecular weight excluding hydrogens is 311 g/mol. The molecule has 3 rings (SSSR count). The average Bonchev–Trinajstić information content (AvgIpc) is 3.15. The van der Waals surface area contributed by atoms with E-state index < -0.39 is 0 Å². The molecule has 1 atom stereocenters. The van der Waals surface area contributed by atoms with Crippen LogP contribution in [0.15, 0.2) is 30.9 Å². The van der Waals surface area contributed by atoms with E-state index >= 15 is 0 Å². The summed E-state index contributed by atoms with van der Waals surface area (Å²) in [5.74, 6) is 0.0995. The standard InChI is InChI=1S/C17H21FN4O2/c1-12(22-11-19-10-20-22)17(23)21-8-6-13(7-9-21)14-4-3-5-15(24-2)16(14)18/h3-5,10-13H,6-9H2,1-2H3. The predicted molar refractivity (Wildman–Crippen MR) is 86.2 cm³/mol. The molecule has 0 saturated carbocycles. The molecule has 0 N–H and O–H groups in total. The first kappa shape index (κ1) is 16.4. The summed E-state index contributed by atoms with van der Waals surface area (Å²) in [6, 6.07) is 4.86. The molecule has 1 saturated heterocycles.